The molecular formula is C39H45N. The van der Waals surface area contributed by atoms with Gasteiger partial charge in [0, 0.05) is 21.8 Å². The van der Waals surface area contributed by atoms with Crippen LogP contribution >= 0.6 is 0 Å². The lowest BCUT2D eigenvalue weighted by Crippen LogP contribution is -2.14. The summed E-state index contributed by atoms with van der Waals surface area (Å²) in [5.41, 5.74) is 11.7. The van der Waals surface area contributed by atoms with Gasteiger partial charge >= 0.3 is 0 Å². The number of aromatic nitrogens is 1. The quantitative estimate of drug-likeness (QED) is 0.176. The Balaban J connectivity index is 1.58. The van der Waals surface area contributed by atoms with Gasteiger partial charge in [-0.1, -0.05) is 115 Å². The molecule has 0 spiro atoms. The molecule has 6 rings (SSSR count). The molecule has 4 aromatic carbocycles. The molecule has 0 aliphatic heterocycles. The van der Waals surface area contributed by atoms with Crippen molar-refractivity contribution < 1.29 is 0 Å². The molecule has 0 amide bonds. The SMILES string of the molecule is CCCC(C)(C)Cc1ccc2c(c1)c1cc(CC(C)(C)CCC)ccc1n2C1c2ccccc2-c2ccccc21. The maximum atomic E-state index is 2.64. The van der Waals surface area contributed by atoms with Gasteiger partial charge in [0.1, 0.15) is 0 Å². The summed E-state index contributed by atoms with van der Waals surface area (Å²) in [7, 11) is 0. The molecule has 1 heteroatoms. The van der Waals surface area contributed by atoms with Crippen molar-refractivity contribution in [2.75, 3.05) is 0 Å². The third-order valence-electron chi connectivity index (χ3n) is 9.21. The van der Waals surface area contributed by atoms with E-state index in [0.29, 0.717) is 10.8 Å². The highest BCUT2D eigenvalue weighted by Crippen LogP contribution is 2.48. The van der Waals surface area contributed by atoms with Crippen LogP contribution in [0.5, 0.6) is 0 Å². The minimum Gasteiger partial charge on any atom is -0.329 e. The molecule has 1 aliphatic rings. The van der Waals surface area contributed by atoms with Gasteiger partial charge in [-0.2, -0.15) is 0 Å². The molecule has 5 aromatic rings. The Morgan fingerprint density at radius 3 is 1.43 bits per heavy atom. The molecular weight excluding hydrogens is 482 g/mol. The van der Waals surface area contributed by atoms with Gasteiger partial charge in [-0.3, -0.25) is 0 Å². The minimum atomic E-state index is 0.178. The summed E-state index contributed by atoms with van der Waals surface area (Å²) >= 11 is 0. The van der Waals surface area contributed by atoms with Gasteiger partial charge in [0.25, 0.3) is 0 Å². The molecule has 0 saturated heterocycles. The highest BCUT2D eigenvalue weighted by molar-refractivity contribution is 6.09. The van der Waals surface area contributed by atoms with E-state index in [-0.39, 0.29) is 6.04 Å². The summed E-state index contributed by atoms with van der Waals surface area (Å²) in [6, 6.07) is 32.8. The van der Waals surface area contributed by atoms with Gasteiger partial charge in [0.05, 0.1) is 6.04 Å². The number of hydrogen-bond donors (Lipinski definition) is 0. The van der Waals surface area contributed by atoms with Gasteiger partial charge < -0.3 is 4.57 Å². The van der Waals surface area contributed by atoms with E-state index in [9.17, 15) is 0 Å². The van der Waals surface area contributed by atoms with Crippen molar-refractivity contribution in [2.45, 2.75) is 86.1 Å². The van der Waals surface area contributed by atoms with Crippen molar-refractivity contribution in [1.29, 1.82) is 0 Å². The zero-order valence-electron chi connectivity index (χ0n) is 25.4. The Morgan fingerprint density at radius 1 is 0.575 bits per heavy atom. The van der Waals surface area contributed by atoms with E-state index in [2.05, 4.69) is 131 Å². The summed E-state index contributed by atoms with van der Waals surface area (Å²) in [5, 5.41) is 2.80. The average molecular weight is 528 g/mol. The zero-order chi connectivity index (χ0) is 28.1. The lowest BCUT2D eigenvalue weighted by molar-refractivity contribution is 0.329. The smallest absolute Gasteiger partial charge is 0.0857 e. The molecule has 0 bridgehead atoms. The summed E-state index contributed by atoms with van der Waals surface area (Å²) in [4.78, 5) is 0. The molecule has 206 valence electrons. The summed E-state index contributed by atoms with van der Waals surface area (Å²) < 4.78 is 2.64. The monoisotopic (exact) mass is 527 g/mol. The van der Waals surface area contributed by atoms with Crippen molar-refractivity contribution in [1.82, 2.24) is 4.57 Å². The second kappa shape index (κ2) is 10.3. The molecule has 0 unspecified atom stereocenters. The Labute approximate surface area is 241 Å². The molecule has 1 aromatic heterocycles. The van der Waals surface area contributed by atoms with Crippen LogP contribution in [0.25, 0.3) is 32.9 Å². The fourth-order valence-electron chi connectivity index (χ4n) is 7.69. The van der Waals surface area contributed by atoms with Crippen LogP contribution in [-0.4, -0.2) is 4.57 Å². The lowest BCUT2D eigenvalue weighted by Gasteiger charge is -2.24. The second-order valence-corrected chi connectivity index (χ2v) is 13.8. The van der Waals surface area contributed by atoms with E-state index in [1.54, 1.807) is 0 Å². The number of hydrogen-bond acceptors (Lipinski definition) is 0. The second-order valence-electron chi connectivity index (χ2n) is 13.8. The molecule has 0 saturated carbocycles. The fourth-order valence-corrected chi connectivity index (χ4v) is 7.69. The highest BCUT2D eigenvalue weighted by atomic mass is 15.0. The van der Waals surface area contributed by atoms with Crippen molar-refractivity contribution in [3.8, 4) is 11.1 Å². The van der Waals surface area contributed by atoms with E-state index in [1.165, 1.54) is 80.9 Å². The maximum absolute atomic E-state index is 2.64. The van der Waals surface area contributed by atoms with Crippen LogP contribution in [0.15, 0.2) is 84.9 Å². The van der Waals surface area contributed by atoms with Gasteiger partial charge in [-0.05, 0) is 94.2 Å². The van der Waals surface area contributed by atoms with Crippen LogP contribution in [-0.2, 0) is 12.8 Å². The van der Waals surface area contributed by atoms with Crippen molar-refractivity contribution in [3.63, 3.8) is 0 Å². The van der Waals surface area contributed by atoms with E-state index in [4.69, 9.17) is 0 Å². The molecule has 1 aliphatic carbocycles. The third kappa shape index (κ3) is 4.78. The van der Waals surface area contributed by atoms with E-state index < -0.39 is 0 Å². The van der Waals surface area contributed by atoms with Crippen molar-refractivity contribution >= 4 is 21.8 Å². The van der Waals surface area contributed by atoms with Gasteiger partial charge in [0.15, 0.2) is 0 Å². The summed E-state index contributed by atoms with van der Waals surface area (Å²) in [5.74, 6) is 0. The Kier molecular flexibility index (Phi) is 6.89. The lowest BCUT2D eigenvalue weighted by atomic mass is 9.81. The molecule has 40 heavy (non-hydrogen) atoms. The van der Waals surface area contributed by atoms with Crippen LogP contribution < -0.4 is 0 Å². The van der Waals surface area contributed by atoms with Gasteiger partial charge in [-0.25, -0.2) is 0 Å². The molecule has 1 nitrogen and oxygen atoms in total. The molecule has 0 fully saturated rings. The zero-order valence-corrected chi connectivity index (χ0v) is 25.4. The Bertz CT molecular complexity index is 1560. The summed E-state index contributed by atoms with van der Waals surface area (Å²) in [6.45, 7) is 14.3. The standard InChI is InChI=1S/C39H45N/c1-7-21-38(3,4)25-27-17-19-35-33(23-27)34-24-28(26-39(5,6)22-8-2)18-20-36(34)40(35)37-31-15-11-9-13-29(31)30-14-10-12-16-32(30)37/h9-20,23-24,37H,7-8,21-22,25-26H2,1-6H3. The van der Waals surface area contributed by atoms with E-state index in [1.807, 2.05) is 0 Å². The number of nitrogens with zero attached hydrogens (tertiary/aromatic N) is 1. The van der Waals surface area contributed by atoms with Crippen LogP contribution in [0.4, 0.5) is 0 Å². The van der Waals surface area contributed by atoms with Crippen LogP contribution in [0, 0.1) is 10.8 Å². The number of benzene rings is 4. The van der Waals surface area contributed by atoms with E-state index in [0.717, 1.165) is 12.8 Å². The van der Waals surface area contributed by atoms with Crippen LogP contribution in [0.3, 0.4) is 0 Å². The van der Waals surface area contributed by atoms with Gasteiger partial charge in [0.2, 0.25) is 0 Å². The molecule has 0 atom stereocenters. The van der Waals surface area contributed by atoms with Gasteiger partial charge in [-0.15, -0.1) is 0 Å². The average Bonchev–Trinajstić information content (AvgIpc) is 3.40. The number of fused-ring (bicyclic) bond motifs is 6. The molecule has 0 radical (unpaired) electrons. The predicted octanol–water partition coefficient (Wildman–Crippen LogP) is 11.2. The first kappa shape index (κ1) is 26.9. The Morgan fingerprint density at radius 2 is 1.00 bits per heavy atom. The highest BCUT2D eigenvalue weighted by Gasteiger charge is 2.32. The normalized spacial score (nSPS) is 13.8. The Hall–Kier alpha value is -3.32. The van der Waals surface area contributed by atoms with Crippen molar-refractivity contribution in [3.05, 3.63) is 107 Å². The fraction of sp³-hybridized carbons (Fsp3) is 0.385. The van der Waals surface area contributed by atoms with Crippen LogP contribution in [0.2, 0.25) is 0 Å². The maximum Gasteiger partial charge on any atom is 0.0857 e. The predicted molar refractivity (Wildman–Crippen MR) is 173 cm³/mol. The van der Waals surface area contributed by atoms with E-state index >= 15 is 0 Å². The summed E-state index contributed by atoms with van der Waals surface area (Å²) in [6.07, 6.45) is 7.18. The van der Waals surface area contributed by atoms with Crippen LogP contribution in [0.1, 0.15) is 95.5 Å². The topological polar surface area (TPSA) is 4.93 Å². The number of rotatable bonds is 9. The minimum absolute atomic E-state index is 0.178. The van der Waals surface area contributed by atoms with Crippen molar-refractivity contribution in [2.24, 2.45) is 10.8 Å². The molecule has 0 N–H and O–H groups in total. The third-order valence-corrected chi connectivity index (χ3v) is 9.21. The first-order valence-corrected chi connectivity index (χ1v) is 15.4. The first-order valence-electron chi connectivity index (χ1n) is 15.4. The largest absolute Gasteiger partial charge is 0.329 e. The molecule has 1 heterocycles. The first-order chi connectivity index (χ1) is 19.2.